The summed E-state index contributed by atoms with van der Waals surface area (Å²) in [7, 11) is -3.33. The van der Waals surface area contributed by atoms with E-state index in [0.717, 1.165) is 12.1 Å². The van der Waals surface area contributed by atoms with Crippen molar-refractivity contribution in [2.45, 2.75) is 26.8 Å². The summed E-state index contributed by atoms with van der Waals surface area (Å²) in [5.41, 5.74) is 6.64. The summed E-state index contributed by atoms with van der Waals surface area (Å²) in [4.78, 5) is 12.0. The van der Waals surface area contributed by atoms with Crippen molar-refractivity contribution in [1.29, 1.82) is 0 Å². The molecular weight excluding hydrogens is 294 g/mol. The van der Waals surface area contributed by atoms with Crippen LogP contribution in [0.2, 0.25) is 0 Å². The zero-order chi connectivity index (χ0) is 15.9. The Kier molecular flexibility index (Phi) is 6.79. The molecule has 0 spiro atoms. The third kappa shape index (κ3) is 5.44. The number of nitrogens with one attached hydrogen (secondary N) is 2. The molecule has 0 saturated carbocycles. The standard InChI is InChI=1S/C12H23N5O3S/c1-3-16-21(19,20)8-6-14-12(18)11-9-15-17(10(11)2)7-4-5-13/h9,16H,3-8,13H2,1-2H3,(H,14,18). The summed E-state index contributed by atoms with van der Waals surface area (Å²) in [5, 5.41) is 6.72. The van der Waals surface area contributed by atoms with Crippen LogP contribution in [-0.4, -0.2) is 49.5 Å². The van der Waals surface area contributed by atoms with Gasteiger partial charge in [0.1, 0.15) is 0 Å². The van der Waals surface area contributed by atoms with Crippen molar-refractivity contribution in [2.75, 3.05) is 25.4 Å². The molecule has 1 heterocycles. The number of carbonyl (C=O) groups excluding carboxylic acids is 1. The van der Waals surface area contributed by atoms with Gasteiger partial charge in [-0.25, -0.2) is 13.1 Å². The highest BCUT2D eigenvalue weighted by Crippen LogP contribution is 2.07. The lowest BCUT2D eigenvalue weighted by atomic mass is 10.2. The second kappa shape index (κ2) is 8.11. The highest BCUT2D eigenvalue weighted by atomic mass is 32.2. The van der Waals surface area contributed by atoms with E-state index in [-0.39, 0.29) is 18.2 Å². The molecule has 4 N–H and O–H groups in total. The third-order valence-electron chi connectivity index (χ3n) is 2.94. The lowest BCUT2D eigenvalue weighted by Crippen LogP contribution is -2.34. The van der Waals surface area contributed by atoms with Crippen molar-refractivity contribution >= 4 is 15.9 Å². The van der Waals surface area contributed by atoms with Gasteiger partial charge in [-0.1, -0.05) is 6.92 Å². The van der Waals surface area contributed by atoms with Crippen LogP contribution in [0.3, 0.4) is 0 Å². The smallest absolute Gasteiger partial charge is 0.254 e. The molecule has 1 rings (SSSR count). The number of nitrogens with zero attached hydrogens (tertiary/aromatic N) is 2. The Balaban J connectivity index is 2.55. The minimum atomic E-state index is -3.33. The summed E-state index contributed by atoms with van der Waals surface area (Å²) in [6.45, 7) is 5.11. The fourth-order valence-electron chi connectivity index (χ4n) is 1.82. The molecule has 120 valence electrons. The summed E-state index contributed by atoms with van der Waals surface area (Å²) < 4.78 is 27.0. The van der Waals surface area contributed by atoms with Gasteiger partial charge in [0.25, 0.3) is 5.91 Å². The predicted molar refractivity (Wildman–Crippen MR) is 80.4 cm³/mol. The second-order valence-corrected chi connectivity index (χ2v) is 6.51. The minimum absolute atomic E-state index is 0.0571. The molecular formula is C12H23N5O3S. The van der Waals surface area contributed by atoms with E-state index >= 15 is 0 Å². The summed E-state index contributed by atoms with van der Waals surface area (Å²) in [6, 6.07) is 0. The van der Waals surface area contributed by atoms with E-state index in [4.69, 9.17) is 5.73 Å². The number of aryl methyl sites for hydroxylation is 1. The molecule has 1 aromatic rings. The first kappa shape index (κ1) is 17.6. The Labute approximate surface area is 125 Å². The van der Waals surface area contributed by atoms with Gasteiger partial charge in [0.15, 0.2) is 0 Å². The third-order valence-corrected chi connectivity index (χ3v) is 4.41. The van der Waals surface area contributed by atoms with Crippen LogP contribution in [0.15, 0.2) is 6.20 Å². The largest absolute Gasteiger partial charge is 0.351 e. The van der Waals surface area contributed by atoms with Gasteiger partial charge < -0.3 is 11.1 Å². The van der Waals surface area contributed by atoms with E-state index in [9.17, 15) is 13.2 Å². The van der Waals surface area contributed by atoms with Gasteiger partial charge >= 0.3 is 0 Å². The van der Waals surface area contributed by atoms with E-state index in [0.29, 0.717) is 25.2 Å². The number of carbonyl (C=O) groups is 1. The molecule has 0 saturated heterocycles. The number of sulfonamides is 1. The van der Waals surface area contributed by atoms with Crippen LogP contribution in [-0.2, 0) is 16.6 Å². The van der Waals surface area contributed by atoms with Crippen LogP contribution in [0, 0.1) is 6.92 Å². The lowest BCUT2D eigenvalue weighted by Gasteiger charge is -2.07. The topological polar surface area (TPSA) is 119 Å². The fourth-order valence-corrected chi connectivity index (χ4v) is 2.78. The number of hydrogen-bond donors (Lipinski definition) is 3. The summed E-state index contributed by atoms with van der Waals surface area (Å²) >= 11 is 0. The first-order valence-electron chi connectivity index (χ1n) is 6.89. The maximum atomic E-state index is 12.0. The van der Waals surface area contributed by atoms with E-state index in [1.807, 2.05) is 0 Å². The molecule has 1 aromatic heterocycles. The van der Waals surface area contributed by atoms with Crippen LogP contribution in [0.4, 0.5) is 0 Å². The van der Waals surface area contributed by atoms with Gasteiger partial charge in [-0.3, -0.25) is 9.48 Å². The van der Waals surface area contributed by atoms with Crippen molar-refractivity contribution < 1.29 is 13.2 Å². The Hall–Kier alpha value is -1.45. The minimum Gasteiger partial charge on any atom is -0.351 e. The lowest BCUT2D eigenvalue weighted by molar-refractivity contribution is 0.0955. The molecule has 0 bridgehead atoms. The zero-order valence-electron chi connectivity index (χ0n) is 12.4. The molecule has 0 aliphatic heterocycles. The Morgan fingerprint density at radius 2 is 2.19 bits per heavy atom. The van der Waals surface area contributed by atoms with Crippen molar-refractivity contribution in [1.82, 2.24) is 19.8 Å². The Morgan fingerprint density at radius 1 is 1.48 bits per heavy atom. The van der Waals surface area contributed by atoms with Gasteiger partial charge in [-0.2, -0.15) is 5.10 Å². The first-order valence-corrected chi connectivity index (χ1v) is 8.54. The van der Waals surface area contributed by atoms with E-state index in [1.165, 1.54) is 6.20 Å². The number of aromatic nitrogens is 2. The molecule has 1 amide bonds. The van der Waals surface area contributed by atoms with Gasteiger partial charge in [-0.05, 0) is 19.9 Å². The number of nitrogens with two attached hydrogens (primary N) is 1. The van der Waals surface area contributed by atoms with Crippen LogP contribution in [0.5, 0.6) is 0 Å². The van der Waals surface area contributed by atoms with E-state index in [1.54, 1.807) is 18.5 Å². The molecule has 0 atom stereocenters. The Morgan fingerprint density at radius 3 is 2.81 bits per heavy atom. The van der Waals surface area contributed by atoms with Gasteiger partial charge in [0.05, 0.1) is 17.5 Å². The molecule has 0 unspecified atom stereocenters. The number of hydrogen-bond acceptors (Lipinski definition) is 5. The fraction of sp³-hybridized carbons (Fsp3) is 0.667. The molecule has 21 heavy (non-hydrogen) atoms. The van der Waals surface area contributed by atoms with Crippen LogP contribution in [0.1, 0.15) is 29.4 Å². The highest BCUT2D eigenvalue weighted by Gasteiger charge is 2.15. The molecule has 9 heteroatoms. The van der Waals surface area contributed by atoms with Crippen LogP contribution in [0.25, 0.3) is 0 Å². The second-order valence-electron chi connectivity index (χ2n) is 4.58. The van der Waals surface area contributed by atoms with E-state index < -0.39 is 10.0 Å². The Bertz CT molecular complexity index is 567. The van der Waals surface area contributed by atoms with Gasteiger partial charge in [-0.15, -0.1) is 0 Å². The van der Waals surface area contributed by atoms with Gasteiger partial charge in [0.2, 0.25) is 10.0 Å². The molecule has 0 fully saturated rings. The number of rotatable bonds is 9. The molecule has 0 aromatic carbocycles. The van der Waals surface area contributed by atoms with Crippen LogP contribution < -0.4 is 15.8 Å². The molecule has 0 aliphatic rings. The molecule has 8 nitrogen and oxygen atoms in total. The zero-order valence-corrected chi connectivity index (χ0v) is 13.2. The summed E-state index contributed by atoms with van der Waals surface area (Å²) in [5.74, 6) is -0.467. The quantitative estimate of drug-likeness (QED) is 0.551. The maximum absolute atomic E-state index is 12.0. The van der Waals surface area contributed by atoms with Crippen LogP contribution >= 0.6 is 0 Å². The monoisotopic (exact) mass is 317 g/mol. The average Bonchev–Trinajstić information content (AvgIpc) is 2.77. The molecule has 0 aliphatic carbocycles. The normalized spacial score (nSPS) is 11.6. The predicted octanol–water partition coefficient (Wildman–Crippen LogP) is -0.791. The van der Waals surface area contributed by atoms with E-state index in [2.05, 4.69) is 15.1 Å². The van der Waals surface area contributed by atoms with Crippen molar-refractivity contribution in [3.05, 3.63) is 17.5 Å². The summed E-state index contributed by atoms with van der Waals surface area (Å²) in [6.07, 6.45) is 2.27. The van der Waals surface area contributed by atoms with Gasteiger partial charge in [0, 0.05) is 25.3 Å². The average molecular weight is 317 g/mol. The van der Waals surface area contributed by atoms with Crippen molar-refractivity contribution in [3.8, 4) is 0 Å². The first-order chi connectivity index (χ1) is 9.91. The van der Waals surface area contributed by atoms with Crippen molar-refractivity contribution in [2.24, 2.45) is 5.73 Å². The maximum Gasteiger partial charge on any atom is 0.254 e. The SMILES string of the molecule is CCNS(=O)(=O)CCNC(=O)c1cnn(CCCN)c1C. The highest BCUT2D eigenvalue weighted by molar-refractivity contribution is 7.89. The molecule has 0 radical (unpaired) electrons. The van der Waals surface area contributed by atoms with Crippen molar-refractivity contribution in [3.63, 3.8) is 0 Å². The number of amides is 1.